The van der Waals surface area contributed by atoms with Crippen LogP contribution >= 0.6 is 11.8 Å². The van der Waals surface area contributed by atoms with Crippen molar-refractivity contribution in [3.63, 3.8) is 0 Å². The van der Waals surface area contributed by atoms with Crippen LogP contribution in [0.15, 0.2) is 65.7 Å². The molecular weight excluding hydrogens is 362 g/mol. The molecule has 0 saturated carbocycles. The molecular formula is C20H19N3O3S. The summed E-state index contributed by atoms with van der Waals surface area (Å²) in [5.74, 6) is -0.821. The van der Waals surface area contributed by atoms with Gasteiger partial charge in [0.05, 0.1) is 11.5 Å². The SMILES string of the molecule is O=C(CC1=NC(=O)[C@@H](CC(=O)Nc2ccccc2)S1)NCc1ccccc1. The minimum Gasteiger partial charge on any atom is -0.352 e. The summed E-state index contributed by atoms with van der Waals surface area (Å²) in [5, 5.41) is 5.42. The number of amides is 3. The van der Waals surface area contributed by atoms with Crippen molar-refractivity contribution in [2.24, 2.45) is 4.99 Å². The van der Waals surface area contributed by atoms with E-state index in [-0.39, 0.29) is 30.6 Å². The summed E-state index contributed by atoms with van der Waals surface area (Å²) in [6, 6.07) is 18.6. The minimum atomic E-state index is -0.578. The van der Waals surface area contributed by atoms with Crippen LogP contribution in [0.5, 0.6) is 0 Å². The van der Waals surface area contributed by atoms with E-state index < -0.39 is 5.25 Å². The zero-order chi connectivity index (χ0) is 19.1. The highest BCUT2D eigenvalue weighted by Crippen LogP contribution is 2.27. The predicted octanol–water partition coefficient (Wildman–Crippen LogP) is 2.76. The first kappa shape index (κ1) is 18.8. The lowest BCUT2D eigenvalue weighted by Gasteiger charge is -2.08. The third-order valence-electron chi connectivity index (χ3n) is 3.86. The van der Waals surface area contributed by atoms with E-state index in [0.717, 1.165) is 5.56 Å². The van der Waals surface area contributed by atoms with E-state index >= 15 is 0 Å². The summed E-state index contributed by atoms with van der Waals surface area (Å²) in [7, 11) is 0. The lowest BCUT2D eigenvalue weighted by Crippen LogP contribution is -2.24. The van der Waals surface area contributed by atoms with Gasteiger partial charge in [-0.15, -0.1) is 0 Å². The number of hydrogen-bond acceptors (Lipinski definition) is 4. The van der Waals surface area contributed by atoms with Crippen LogP contribution in [0, 0.1) is 0 Å². The number of hydrogen-bond donors (Lipinski definition) is 2. The van der Waals surface area contributed by atoms with E-state index in [1.165, 1.54) is 11.8 Å². The van der Waals surface area contributed by atoms with E-state index in [1.54, 1.807) is 12.1 Å². The fraction of sp³-hybridized carbons (Fsp3) is 0.200. The molecule has 138 valence electrons. The van der Waals surface area contributed by atoms with Crippen LogP contribution in [0.25, 0.3) is 0 Å². The number of para-hydroxylation sites is 1. The van der Waals surface area contributed by atoms with Crippen molar-refractivity contribution in [3.05, 3.63) is 66.2 Å². The van der Waals surface area contributed by atoms with Crippen LogP contribution < -0.4 is 10.6 Å². The van der Waals surface area contributed by atoms with E-state index in [4.69, 9.17) is 0 Å². The summed E-state index contributed by atoms with van der Waals surface area (Å²) in [5.41, 5.74) is 1.68. The molecule has 0 fully saturated rings. The van der Waals surface area contributed by atoms with Crippen LogP contribution in [0.3, 0.4) is 0 Å². The van der Waals surface area contributed by atoms with Crippen molar-refractivity contribution in [1.82, 2.24) is 5.32 Å². The van der Waals surface area contributed by atoms with Crippen LogP contribution in [0.2, 0.25) is 0 Å². The maximum Gasteiger partial charge on any atom is 0.260 e. The van der Waals surface area contributed by atoms with Crippen LogP contribution in [-0.2, 0) is 20.9 Å². The van der Waals surface area contributed by atoms with Gasteiger partial charge in [0.15, 0.2) is 0 Å². The van der Waals surface area contributed by atoms with E-state index in [9.17, 15) is 14.4 Å². The third kappa shape index (κ3) is 5.79. The highest BCUT2D eigenvalue weighted by atomic mass is 32.2. The Kier molecular flexibility index (Phi) is 6.38. The quantitative estimate of drug-likeness (QED) is 0.772. The summed E-state index contributed by atoms with van der Waals surface area (Å²) >= 11 is 1.19. The standard InChI is InChI=1S/C20H19N3O3S/c24-17(21-13-14-7-3-1-4-8-14)12-19-23-20(26)16(27-19)11-18(25)22-15-9-5-2-6-10-15/h1-10,16H,11-13H2,(H,21,24)(H,22,25)/t16-/m1/s1. The first-order valence-electron chi connectivity index (χ1n) is 8.54. The Hall–Kier alpha value is -2.93. The molecule has 0 aromatic heterocycles. The number of rotatable bonds is 7. The second-order valence-electron chi connectivity index (χ2n) is 6.01. The van der Waals surface area contributed by atoms with Gasteiger partial charge in [0, 0.05) is 18.7 Å². The average Bonchev–Trinajstić information content (AvgIpc) is 3.00. The molecule has 1 aliphatic rings. The smallest absolute Gasteiger partial charge is 0.260 e. The number of benzene rings is 2. The summed E-state index contributed by atoms with van der Waals surface area (Å²) in [6.07, 6.45) is 0.0665. The van der Waals surface area contributed by atoms with Gasteiger partial charge in [0.2, 0.25) is 11.8 Å². The fourth-order valence-electron chi connectivity index (χ4n) is 2.54. The molecule has 3 amide bonds. The predicted molar refractivity (Wildman–Crippen MR) is 106 cm³/mol. The van der Waals surface area contributed by atoms with Crippen LogP contribution in [-0.4, -0.2) is 28.0 Å². The molecule has 0 aliphatic carbocycles. The van der Waals surface area contributed by atoms with Gasteiger partial charge in [0.1, 0.15) is 5.25 Å². The average molecular weight is 381 g/mol. The number of aliphatic imine (C=N–C) groups is 1. The van der Waals surface area contributed by atoms with Crippen LogP contribution in [0.1, 0.15) is 18.4 Å². The zero-order valence-electron chi connectivity index (χ0n) is 14.6. The number of anilines is 1. The topological polar surface area (TPSA) is 87.6 Å². The maximum absolute atomic E-state index is 12.1. The second-order valence-corrected chi connectivity index (χ2v) is 7.28. The van der Waals surface area contributed by atoms with Crippen molar-refractivity contribution in [1.29, 1.82) is 0 Å². The molecule has 7 heteroatoms. The Bertz CT molecular complexity index is 853. The monoisotopic (exact) mass is 381 g/mol. The molecule has 0 spiro atoms. The Labute approximate surface area is 161 Å². The van der Waals surface area contributed by atoms with Gasteiger partial charge in [-0.05, 0) is 17.7 Å². The number of nitrogens with zero attached hydrogens (tertiary/aromatic N) is 1. The first-order chi connectivity index (χ1) is 13.1. The van der Waals surface area contributed by atoms with Crippen molar-refractivity contribution in [3.8, 4) is 0 Å². The van der Waals surface area contributed by atoms with Gasteiger partial charge in [-0.25, -0.2) is 4.99 Å². The highest BCUT2D eigenvalue weighted by Gasteiger charge is 2.31. The normalized spacial score (nSPS) is 15.9. The number of thioether (sulfide) groups is 1. The minimum absolute atomic E-state index is 0.0248. The van der Waals surface area contributed by atoms with Gasteiger partial charge < -0.3 is 10.6 Å². The maximum atomic E-state index is 12.1. The Balaban J connectivity index is 1.44. The molecule has 1 aliphatic heterocycles. The van der Waals surface area contributed by atoms with E-state index in [2.05, 4.69) is 15.6 Å². The Morgan fingerprint density at radius 3 is 2.33 bits per heavy atom. The van der Waals surface area contributed by atoms with E-state index in [0.29, 0.717) is 17.3 Å². The molecule has 2 N–H and O–H groups in total. The number of carbonyl (C=O) groups excluding carboxylic acids is 3. The number of nitrogens with one attached hydrogen (secondary N) is 2. The molecule has 0 unspecified atom stereocenters. The first-order valence-corrected chi connectivity index (χ1v) is 9.42. The van der Waals surface area contributed by atoms with Crippen molar-refractivity contribution < 1.29 is 14.4 Å². The summed E-state index contributed by atoms with van der Waals surface area (Å²) in [4.78, 5) is 40.1. The van der Waals surface area contributed by atoms with Gasteiger partial charge >= 0.3 is 0 Å². The van der Waals surface area contributed by atoms with Crippen molar-refractivity contribution in [2.45, 2.75) is 24.6 Å². The molecule has 0 saturated heterocycles. The molecule has 0 bridgehead atoms. The second kappa shape index (κ2) is 9.14. The molecule has 0 radical (unpaired) electrons. The third-order valence-corrected chi connectivity index (χ3v) is 5.02. The molecule has 1 heterocycles. The van der Waals surface area contributed by atoms with Crippen LogP contribution in [0.4, 0.5) is 5.69 Å². The molecule has 27 heavy (non-hydrogen) atoms. The van der Waals surface area contributed by atoms with Gasteiger partial charge in [-0.3, -0.25) is 14.4 Å². The summed E-state index contributed by atoms with van der Waals surface area (Å²) < 4.78 is 0. The molecule has 2 aromatic rings. The molecule has 3 rings (SSSR count). The van der Waals surface area contributed by atoms with Crippen molar-refractivity contribution >= 4 is 40.2 Å². The fourth-order valence-corrected chi connectivity index (χ4v) is 3.62. The lowest BCUT2D eigenvalue weighted by atomic mass is 10.2. The summed E-state index contributed by atoms with van der Waals surface area (Å²) in [6.45, 7) is 0.425. The van der Waals surface area contributed by atoms with Crippen molar-refractivity contribution in [2.75, 3.05) is 5.32 Å². The van der Waals surface area contributed by atoms with Gasteiger partial charge in [-0.1, -0.05) is 60.3 Å². The molecule has 6 nitrogen and oxygen atoms in total. The molecule has 1 atom stereocenters. The lowest BCUT2D eigenvalue weighted by molar-refractivity contribution is -0.121. The van der Waals surface area contributed by atoms with E-state index in [1.807, 2.05) is 48.5 Å². The van der Waals surface area contributed by atoms with Gasteiger partial charge in [0.25, 0.3) is 5.91 Å². The highest BCUT2D eigenvalue weighted by molar-refractivity contribution is 8.15. The Morgan fingerprint density at radius 2 is 1.63 bits per heavy atom. The Morgan fingerprint density at radius 1 is 0.963 bits per heavy atom. The largest absolute Gasteiger partial charge is 0.352 e. The number of carbonyl (C=O) groups is 3. The molecule has 2 aromatic carbocycles. The zero-order valence-corrected chi connectivity index (χ0v) is 15.4. The van der Waals surface area contributed by atoms with Gasteiger partial charge in [-0.2, -0.15) is 0 Å².